The number of benzene rings is 1. The maximum absolute atomic E-state index is 11.9. The van der Waals surface area contributed by atoms with Gasteiger partial charge in [0.2, 0.25) is 6.10 Å². The van der Waals surface area contributed by atoms with E-state index in [1.54, 1.807) is 24.3 Å². The number of esters is 1. The Hall–Kier alpha value is -2.77. The zero-order valence-corrected chi connectivity index (χ0v) is 13.5. The molecular weight excluding hydrogens is 316 g/mol. The molecule has 1 heterocycles. The lowest BCUT2D eigenvalue weighted by atomic mass is 10.2. The number of amides is 3. The number of para-hydroxylation sites is 2. The summed E-state index contributed by atoms with van der Waals surface area (Å²) in [5, 5.41) is 4.65. The van der Waals surface area contributed by atoms with Gasteiger partial charge in [0.25, 0.3) is 5.91 Å². The Morgan fingerprint density at radius 2 is 2.00 bits per heavy atom. The predicted octanol–water partition coefficient (Wildman–Crippen LogP) is 0.994. The van der Waals surface area contributed by atoms with E-state index in [1.165, 1.54) is 0 Å². The summed E-state index contributed by atoms with van der Waals surface area (Å²) in [5.74, 6) is -0.479. The Balaban J connectivity index is 1.75. The lowest BCUT2D eigenvalue weighted by Crippen LogP contribution is -2.45. The van der Waals surface area contributed by atoms with Gasteiger partial charge in [0, 0.05) is 6.04 Å². The minimum absolute atomic E-state index is 0.00797. The summed E-state index contributed by atoms with van der Waals surface area (Å²) in [6.07, 6.45) is -0.224. The van der Waals surface area contributed by atoms with E-state index in [0.717, 1.165) is 6.42 Å². The van der Waals surface area contributed by atoms with Gasteiger partial charge in [0.1, 0.15) is 6.61 Å². The lowest BCUT2D eigenvalue weighted by Gasteiger charge is -2.24. The van der Waals surface area contributed by atoms with Crippen LogP contribution in [0.1, 0.15) is 20.3 Å². The summed E-state index contributed by atoms with van der Waals surface area (Å²) in [5.41, 5.74) is 0. The molecule has 0 aliphatic carbocycles. The molecule has 8 nitrogen and oxygen atoms in total. The third-order valence-corrected chi connectivity index (χ3v) is 3.36. The summed E-state index contributed by atoms with van der Waals surface area (Å²) in [6, 6.07) is 6.24. The van der Waals surface area contributed by atoms with Gasteiger partial charge in [-0.1, -0.05) is 19.1 Å². The van der Waals surface area contributed by atoms with Gasteiger partial charge in [0.05, 0.1) is 0 Å². The molecule has 130 valence electrons. The summed E-state index contributed by atoms with van der Waals surface area (Å²) in [6.45, 7) is 3.13. The Bertz CT molecular complexity index is 618. The van der Waals surface area contributed by atoms with Crippen molar-refractivity contribution in [2.24, 2.45) is 0 Å². The number of rotatable bonds is 5. The van der Waals surface area contributed by atoms with Crippen molar-refractivity contribution >= 4 is 17.9 Å². The molecule has 0 bridgehead atoms. The van der Waals surface area contributed by atoms with E-state index < -0.39 is 30.6 Å². The Morgan fingerprint density at radius 3 is 2.71 bits per heavy atom. The molecule has 2 rings (SSSR count). The van der Waals surface area contributed by atoms with Gasteiger partial charge in [-0.2, -0.15) is 0 Å². The molecule has 0 saturated carbocycles. The van der Waals surface area contributed by atoms with Crippen molar-refractivity contribution in [2.45, 2.75) is 32.4 Å². The Morgan fingerprint density at radius 1 is 1.29 bits per heavy atom. The third kappa shape index (κ3) is 4.87. The number of hydrogen-bond donors (Lipinski definition) is 2. The van der Waals surface area contributed by atoms with Crippen molar-refractivity contribution < 1.29 is 28.6 Å². The maximum Gasteiger partial charge on any atom is 0.351 e. The Labute approximate surface area is 139 Å². The second-order valence-corrected chi connectivity index (χ2v) is 5.30. The van der Waals surface area contributed by atoms with E-state index >= 15 is 0 Å². The largest absolute Gasteiger partial charge is 0.485 e. The van der Waals surface area contributed by atoms with Crippen LogP contribution >= 0.6 is 0 Å². The number of carbonyl (C=O) groups excluding carboxylic acids is 3. The van der Waals surface area contributed by atoms with E-state index in [0.29, 0.717) is 11.5 Å². The predicted molar refractivity (Wildman–Crippen MR) is 83.7 cm³/mol. The fourth-order valence-corrected chi connectivity index (χ4v) is 1.89. The molecule has 2 atom stereocenters. The molecule has 0 fully saturated rings. The molecule has 0 saturated heterocycles. The molecule has 24 heavy (non-hydrogen) atoms. The first-order valence-electron chi connectivity index (χ1n) is 7.65. The van der Waals surface area contributed by atoms with E-state index in [1.807, 2.05) is 13.8 Å². The quantitative estimate of drug-likeness (QED) is 0.778. The van der Waals surface area contributed by atoms with Crippen LogP contribution in [-0.4, -0.2) is 43.3 Å². The number of nitrogens with one attached hydrogen (secondary N) is 2. The normalized spacial score (nSPS) is 16.7. The molecular formula is C16H20N2O6. The van der Waals surface area contributed by atoms with Crippen molar-refractivity contribution in [2.75, 3.05) is 13.2 Å². The van der Waals surface area contributed by atoms with Crippen molar-refractivity contribution in [1.29, 1.82) is 0 Å². The average molecular weight is 336 g/mol. The fourth-order valence-electron chi connectivity index (χ4n) is 1.89. The van der Waals surface area contributed by atoms with Gasteiger partial charge in [0.15, 0.2) is 18.1 Å². The summed E-state index contributed by atoms with van der Waals surface area (Å²) < 4.78 is 15.7. The summed E-state index contributed by atoms with van der Waals surface area (Å²) in [4.78, 5) is 35.0. The molecule has 0 aromatic heterocycles. The van der Waals surface area contributed by atoms with Crippen LogP contribution in [0.2, 0.25) is 0 Å². The Kier molecular flexibility index (Phi) is 6.00. The standard InChI is InChI=1S/C16H20N2O6/c1-3-10(2)17-16(21)18-14(19)9-23-15(20)13-8-22-11-6-4-5-7-12(11)24-13/h4-7,10,13H,3,8-9H2,1-2H3,(H2,17,18,19,21)/t10-,13-/m0/s1. The molecule has 0 unspecified atom stereocenters. The van der Waals surface area contributed by atoms with Crippen LogP contribution in [0.4, 0.5) is 4.79 Å². The second-order valence-electron chi connectivity index (χ2n) is 5.30. The van der Waals surface area contributed by atoms with Gasteiger partial charge in [-0.25, -0.2) is 9.59 Å². The minimum atomic E-state index is -0.957. The zero-order valence-electron chi connectivity index (χ0n) is 13.5. The van der Waals surface area contributed by atoms with Gasteiger partial charge in [-0.3, -0.25) is 10.1 Å². The van der Waals surface area contributed by atoms with Crippen molar-refractivity contribution in [3.05, 3.63) is 24.3 Å². The van der Waals surface area contributed by atoms with Crippen LogP contribution in [0.15, 0.2) is 24.3 Å². The van der Waals surface area contributed by atoms with Crippen molar-refractivity contribution in [1.82, 2.24) is 10.6 Å². The van der Waals surface area contributed by atoms with Crippen molar-refractivity contribution in [3.63, 3.8) is 0 Å². The third-order valence-electron chi connectivity index (χ3n) is 3.36. The highest BCUT2D eigenvalue weighted by atomic mass is 16.6. The topological polar surface area (TPSA) is 103 Å². The molecule has 1 aliphatic rings. The lowest BCUT2D eigenvalue weighted by molar-refractivity contribution is -0.157. The fraction of sp³-hybridized carbons (Fsp3) is 0.438. The smallest absolute Gasteiger partial charge is 0.351 e. The molecule has 1 aliphatic heterocycles. The highest BCUT2D eigenvalue weighted by Gasteiger charge is 2.29. The van der Waals surface area contributed by atoms with Crippen LogP contribution < -0.4 is 20.1 Å². The molecule has 1 aromatic rings. The van der Waals surface area contributed by atoms with Crippen molar-refractivity contribution in [3.8, 4) is 11.5 Å². The van der Waals surface area contributed by atoms with Crippen LogP contribution in [0.3, 0.4) is 0 Å². The van der Waals surface area contributed by atoms with E-state index in [-0.39, 0.29) is 12.6 Å². The number of imide groups is 1. The van der Waals surface area contributed by atoms with Crippen LogP contribution in [-0.2, 0) is 14.3 Å². The number of urea groups is 1. The van der Waals surface area contributed by atoms with Crippen LogP contribution in [0.25, 0.3) is 0 Å². The molecule has 2 N–H and O–H groups in total. The monoisotopic (exact) mass is 336 g/mol. The molecule has 0 radical (unpaired) electrons. The highest BCUT2D eigenvalue weighted by Crippen LogP contribution is 2.31. The number of fused-ring (bicyclic) bond motifs is 1. The molecule has 0 spiro atoms. The zero-order chi connectivity index (χ0) is 17.5. The summed E-state index contributed by atoms with van der Waals surface area (Å²) in [7, 11) is 0. The second kappa shape index (κ2) is 8.19. The number of ether oxygens (including phenoxy) is 3. The van der Waals surface area contributed by atoms with Gasteiger partial charge in [-0.05, 0) is 25.5 Å². The first-order chi connectivity index (χ1) is 11.5. The van der Waals surface area contributed by atoms with Gasteiger partial charge < -0.3 is 19.5 Å². The first kappa shape index (κ1) is 17.6. The number of hydrogen-bond acceptors (Lipinski definition) is 6. The molecule has 8 heteroatoms. The minimum Gasteiger partial charge on any atom is -0.485 e. The van der Waals surface area contributed by atoms with E-state index in [9.17, 15) is 14.4 Å². The molecule has 3 amide bonds. The van der Waals surface area contributed by atoms with Crippen LogP contribution in [0.5, 0.6) is 11.5 Å². The van der Waals surface area contributed by atoms with Gasteiger partial charge >= 0.3 is 12.0 Å². The number of carbonyl (C=O) groups is 3. The maximum atomic E-state index is 11.9. The van der Waals surface area contributed by atoms with Crippen LogP contribution in [0, 0.1) is 0 Å². The van der Waals surface area contributed by atoms with E-state index in [4.69, 9.17) is 14.2 Å². The van der Waals surface area contributed by atoms with E-state index in [2.05, 4.69) is 10.6 Å². The van der Waals surface area contributed by atoms with Gasteiger partial charge in [-0.15, -0.1) is 0 Å². The first-order valence-corrected chi connectivity index (χ1v) is 7.65. The average Bonchev–Trinajstić information content (AvgIpc) is 2.58. The summed E-state index contributed by atoms with van der Waals surface area (Å²) >= 11 is 0. The molecule has 1 aromatic carbocycles. The SMILES string of the molecule is CC[C@H](C)NC(=O)NC(=O)COC(=O)[C@@H]1COc2ccccc2O1. The highest BCUT2D eigenvalue weighted by molar-refractivity contribution is 5.95.